The van der Waals surface area contributed by atoms with Crippen molar-refractivity contribution in [3.05, 3.63) is 59.1 Å². The van der Waals surface area contributed by atoms with Crippen LogP contribution in [-0.2, 0) is 4.79 Å². The van der Waals surface area contributed by atoms with Crippen molar-refractivity contribution in [3.63, 3.8) is 0 Å². The molecule has 0 spiro atoms. The molecule has 122 valence electrons. The highest BCUT2D eigenvalue weighted by molar-refractivity contribution is 8.00. The van der Waals surface area contributed by atoms with Crippen LogP contribution in [0, 0.1) is 0 Å². The third-order valence-corrected chi connectivity index (χ3v) is 5.15. The van der Waals surface area contributed by atoms with Gasteiger partial charge in [0, 0.05) is 11.1 Å². The third-order valence-electron chi connectivity index (χ3n) is 3.81. The van der Waals surface area contributed by atoms with Gasteiger partial charge in [0.05, 0.1) is 0 Å². The first-order valence-corrected chi connectivity index (χ1v) is 9.03. The van der Waals surface area contributed by atoms with Crippen molar-refractivity contribution in [3.8, 4) is 0 Å². The van der Waals surface area contributed by atoms with Crippen LogP contribution in [0.4, 0.5) is 0 Å². The number of hydrogen-bond acceptors (Lipinski definition) is 4. The maximum atomic E-state index is 12.6. The molecule has 1 unspecified atom stereocenters. The minimum Gasteiger partial charge on any atom is -0.431 e. The molecule has 1 fully saturated rings. The SMILES string of the molecule is O=C(NC1CC1)C(Sc1nc2cc(Cl)ccc2o1)c1ccccc1. The molecule has 2 aromatic carbocycles. The van der Waals surface area contributed by atoms with Crippen molar-refractivity contribution in [1.29, 1.82) is 0 Å². The molecule has 1 amide bonds. The van der Waals surface area contributed by atoms with Gasteiger partial charge in [-0.15, -0.1) is 0 Å². The van der Waals surface area contributed by atoms with Crippen molar-refractivity contribution >= 4 is 40.4 Å². The number of hydrogen-bond donors (Lipinski definition) is 1. The Balaban J connectivity index is 1.63. The molecule has 4 nitrogen and oxygen atoms in total. The number of nitrogens with one attached hydrogen (secondary N) is 1. The molecule has 1 aliphatic rings. The van der Waals surface area contributed by atoms with Gasteiger partial charge < -0.3 is 9.73 Å². The van der Waals surface area contributed by atoms with E-state index in [9.17, 15) is 4.79 Å². The quantitative estimate of drug-likeness (QED) is 0.677. The summed E-state index contributed by atoms with van der Waals surface area (Å²) < 4.78 is 5.76. The van der Waals surface area contributed by atoms with E-state index in [-0.39, 0.29) is 5.91 Å². The summed E-state index contributed by atoms with van der Waals surface area (Å²) in [6.07, 6.45) is 2.11. The maximum absolute atomic E-state index is 12.6. The van der Waals surface area contributed by atoms with Crippen LogP contribution in [0.15, 0.2) is 58.2 Å². The third kappa shape index (κ3) is 3.42. The van der Waals surface area contributed by atoms with Crippen LogP contribution in [0.1, 0.15) is 23.7 Å². The predicted molar refractivity (Wildman–Crippen MR) is 95.2 cm³/mol. The fraction of sp³-hybridized carbons (Fsp3) is 0.222. The summed E-state index contributed by atoms with van der Waals surface area (Å²) in [5.74, 6) is -0.00557. The fourth-order valence-corrected chi connectivity index (χ4v) is 3.56. The molecule has 0 aliphatic heterocycles. The molecule has 1 aromatic heterocycles. The van der Waals surface area contributed by atoms with Crippen molar-refractivity contribution in [1.82, 2.24) is 10.3 Å². The molecule has 6 heteroatoms. The van der Waals surface area contributed by atoms with Crippen LogP contribution in [0.25, 0.3) is 11.1 Å². The highest BCUT2D eigenvalue weighted by Crippen LogP contribution is 2.37. The van der Waals surface area contributed by atoms with Gasteiger partial charge in [-0.3, -0.25) is 4.79 Å². The summed E-state index contributed by atoms with van der Waals surface area (Å²) in [7, 11) is 0. The zero-order valence-electron chi connectivity index (χ0n) is 12.7. The van der Waals surface area contributed by atoms with E-state index in [0.29, 0.717) is 27.4 Å². The largest absolute Gasteiger partial charge is 0.431 e. The van der Waals surface area contributed by atoms with Gasteiger partial charge in [-0.05, 0) is 48.4 Å². The average Bonchev–Trinajstić information content (AvgIpc) is 3.30. The van der Waals surface area contributed by atoms with Crippen molar-refractivity contribution in [2.75, 3.05) is 0 Å². The Morgan fingerprint density at radius 1 is 1.25 bits per heavy atom. The number of oxazole rings is 1. The minimum atomic E-state index is -0.393. The molecule has 3 aromatic rings. The molecule has 1 heterocycles. The van der Waals surface area contributed by atoms with Crippen LogP contribution >= 0.6 is 23.4 Å². The van der Waals surface area contributed by atoms with E-state index >= 15 is 0 Å². The van der Waals surface area contributed by atoms with Crippen LogP contribution in [0.3, 0.4) is 0 Å². The van der Waals surface area contributed by atoms with Gasteiger partial charge in [0.25, 0.3) is 5.22 Å². The van der Waals surface area contributed by atoms with E-state index in [2.05, 4.69) is 10.3 Å². The van der Waals surface area contributed by atoms with E-state index in [4.69, 9.17) is 16.0 Å². The first kappa shape index (κ1) is 15.5. The summed E-state index contributed by atoms with van der Waals surface area (Å²) >= 11 is 7.31. The van der Waals surface area contributed by atoms with Crippen LogP contribution in [0.2, 0.25) is 5.02 Å². The van der Waals surface area contributed by atoms with Gasteiger partial charge in [-0.25, -0.2) is 4.98 Å². The van der Waals surface area contributed by atoms with Gasteiger partial charge in [0.15, 0.2) is 5.58 Å². The van der Waals surface area contributed by atoms with Crippen molar-refractivity contribution < 1.29 is 9.21 Å². The van der Waals surface area contributed by atoms with E-state index in [0.717, 1.165) is 18.4 Å². The summed E-state index contributed by atoms with van der Waals surface area (Å²) in [4.78, 5) is 17.1. The highest BCUT2D eigenvalue weighted by Gasteiger charge is 2.30. The van der Waals surface area contributed by atoms with Crippen LogP contribution in [0.5, 0.6) is 0 Å². The number of thioether (sulfide) groups is 1. The number of carbonyl (C=O) groups is 1. The fourth-order valence-electron chi connectivity index (χ4n) is 2.44. The predicted octanol–water partition coefficient (Wildman–Crippen LogP) is 4.59. The zero-order valence-corrected chi connectivity index (χ0v) is 14.3. The maximum Gasteiger partial charge on any atom is 0.257 e. The van der Waals surface area contributed by atoms with Gasteiger partial charge in [0.1, 0.15) is 10.8 Å². The Bertz CT molecular complexity index is 877. The Labute approximate surface area is 148 Å². The molecule has 1 aliphatic carbocycles. The van der Waals surface area contributed by atoms with Gasteiger partial charge >= 0.3 is 0 Å². The second-order valence-electron chi connectivity index (χ2n) is 5.78. The topological polar surface area (TPSA) is 55.1 Å². The first-order chi connectivity index (χ1) is 11.7. The smallest absolute Gasteiger partial charge is 0.257 e. The second kappa shape index (κ2) is 6.49. The standard InChI is InChI=1S/C18H15ClN2O2S/c19-12-6-9-15-14(10-12)21-18(23-15)24-16(11-4-2-1-3-5-11)17(22)20-13-7-8-13/h1-6,9-10,13,16H,7-8H2,(H,20,22). The van der Waals surface area contributed by atoms with Gasteiger partial charge in [-0.1, -0.05) is 41.9 Å². The van der Waals surface area contributed by atoms with Crippen molar-refractivity contribution in [2.24, 2.45) is 0 Å². The van der Waals surface area contributed by atoms with Crippen molar-refractivity contribution in [2.45, 2.75) is 29.4 Å². The summed E-state index contributed by atoms with van der Waals surface area (Å²) in [5.41, 5.74) is 2.29. The number of aromatic nitrogens is 1. The molecule has 0 bridgehead atoms. The molecular formula is C18H15ClN2O2S. The normalized spacial score (nSPS) is 15.4. The number of fused-ring (bicyclic) bond motifs is 1. The Morgan fingerprint density at radius 3 is 2.79 bits per heavy atom. The summed E-state index contributed by atoms with van der Waals surface area (Å²) in [6.45, 7) is 0. The number of amides is 1. The number of nitrogens with zero attached hydrogens (tertiary/aromatic N) is 1. The Morgan fingerprint density at radius 2 is 2.04 bits per heavy atom. The Kier molecular flexibility index (Phi) is 4.21. The lowest BCUT2D eigenvalue weighted by Crippen LogP contribution is -2.29. The zero-order chi connectivity index (χ0) is 16.5. The van der Waals surface area contributed by atoms with Crippen LogP contribution < -0.4 is 5.32 Å². The molecule has 1 N–H and O–H groups in total. The summed E-state index contributed by atoms with van der Waals surface area (Å²) in [6, 6.07) is 15.3. The number of rotatable bonds is 5. The lowest BCUT2D eigenvalue weighted by atomic mass is 10.1. The molecule has 0 saturated heterocycles. The lowest BCUT2D eigenvalue weighted by molar-refractivity contribution is -0.120. The molecule has 1 atom stereocenters. The number of halogens is 1. The first-order valence-electron chi connectivity index (χ1n) is 7.77. The van der Waals surface area contributed by atoms with E-state index < -0.39 is 5.25 Å². The monoisotopic (exact) mass is 358 g/mol. The lowest BCUT2D eigenvalue weighted by Gasteiger charge is -2.14. The van der Waals surface area contributed by atoms with Gasteiger partial charge in [-0.2, -0.15) is 0 Å². The number of benzene rings is 2. The molecular weight excluding hydrogens is 344 g/mol. The molecule has 4 rings (SSSR count). The number of carbonyl (C=O) groups excluding carboxylic acids is 1. The van der Waals surface area contributed by atoms with E-state index in [1.165, 1.54) is 11.8 Å². The van der Waals surface area contributed by atoms with E-state index in [1.807, 2.05) is 30.3 Å². The summed E-state index contributed by atoms with van der Waals surface area (Å²) in [5, 5.41) is 3.75. The average molecular weight is 359 g/mol. The van der Waals surface area contributed by atoms with E-state index in [1.54, 1.807) is 18.2 Å². The Hall–Kier alpha value is -1.98. The van der Waals surface area contributed by atoms with Crippen LogP contribution in [-0.4, -0.2) is 16.9 Å². The molecule has 0 radical (unpaired) electrons. The van der Waals surface area contributed by atoms with Gasteiger partial charge in [0.2, 0.25) is 5.91 Å². The molecule has 24 heavy (non-hydrogen) atoms. The minimum absolute atomic E-state index is 0.00557. The highest BCUT2D eigenvalue weighted by atomic mass is 35.5. The second-order valence-corrected chi connectivity index (χ2v) is 7.28. The molecule has 1 saturated carbocycles.